The van der Waals surface area contributed by atoms with Crippen LogP contribution in [0.5, 0.6) is 0 Å². The molecule has 2 aromatic rings. The zero-order valence-electron chi connectivity index (χ0n) is 18.5. The Balaban J connectivity index is 1.71. The number of urea groups is 1. The molecule has 32 heavy (non-hydrogen) atoms. The zero-order chi connectivity index (χ0) is 22.6. The van der Waals surface area contributed by atoms with Gasteiger partial charge >= 0.3 is 6.03 Å². The molecule has 2 unspecified atom stereocenters. The largest absolute Gasteiger partial charge is 0.338 e. The zero-order valence-corrected chi connectivity index (χ0v) is 19.3. The predicted octanol–water partition coefficient (Wildman–Crippen LogP) is 3.49. The second-order valence-electron chi connectivity index (χ2n) is 8.43. The van der Waals surface area contributed by atoms with E-state index in [-0.39, 0.29) is 23.9 Å². The minimum absolute atomic E-state index is 0.0288. The Morgan fingerprint density at radius 3 is 2.81 bits per heavy atom. The minimum Gasteiger partial charge on any atom is -0.338 e. The van der Waals surface area contributed by atoms with E-state index in [1.54, 1.807) is 11.8 Å². The lowest BCUT2D eigenvalue weighted by atomic mass is 9.94. The van der Waals surface area contributed by atoms with Gasteiger partial charge in [-0.2, -0.15) is 0 Å². The van der Waals surface area contributed by atoms with E-state index in [4.69, 9.17) is 0 Å². The number of amides is 2. The molecule has 6 nitrogen and oxygen atoms in total. The SMILES string of the molecule is CCS(=O)(=O)NC1CCN2C(=O)NCC/C=C/Cc3ccccc3-c3cccc(c3)CC12. The fourth-order valence-electron chi connectivity index (χ4n) is 4.59. The summed E-state index contributed by atoms with van der Waals surface area (Å²) in [6.45, 7) is 2.72. The van der Waals surface area contributed by atoms with Crippen molar-refractivity contribution in [1.82, 2.24) is 14.9 Å². The molecule has 2 N–H and O–H groups in total. The van der Waals surface area contributed by atoms with Crippen LogP contribution in [-0.2, 0) is 22.9 Å². The van der Waals surface area contributed by atoms with Gasteiger partial charge in [0.15, 0.2) is 0 Å². The van der Waals surface area contributed by atoms with E-state index in [2.05, 4.69) is 64.7 Å². The molecule has 170 valence electrons. The number of rotatable bonds is 3. The van der Waals surface area contributed by atoms with Crippen molar-refractivity contribution in [3.05, 3.63) is 71.8 Å². The van der Waals surface area contributed by atoms with Crippen LogP contribution in [0.25, 0.3) is 11.1 Å². The predicted molar refractivity (Wildman–Crippen MR) is 128 cm³/mol. The van der Waals surface area contributed by atoms with E-state index in [0.29, 0.717) is 25.9 Å². The van der Waals surface area contributed by atoms with Gasteiger partial charge in [0.2, 0.25) is 10.0 Å². The van der Waals surface area contributed by atoms with Crippen LogP contribution in [0.1, 0.15) is 30.9 Å². The fraction of sp³-hybridized carbons (Fsp3) is 0.400. The Kier molecular flexibility index (Phi) is 6.96. The van der Waals surface area contributed by atoms with E-state index in [1.165, 1.54) is 11.1 Å². The van der Waals surface area contributed by atoms with Gasteiger partial charge < -0.3 is 10.2 Å². The highest BCUT2D eigenvalue weighted by Crippen LogP contribution is 2.28. The smallest absolute Gasteiger partial charge is 0.317 e. The van der Waals surface area contributed by atoms with Crippen LogP contribution in [0.2, 0.25) is 0 Å². The molecule has 2 aromatic carbocycles. The van der Waals surface area contributed by atoms with Gasteiger partial charge in [0.25, 0.3) is 0 Å². The average molecular weight is 454 g/mol. The van der Waals surface area contributed by atoms with Crippen molar-refractivity contribution in [1.29, 1.82) is 0 Å². The molecule has 2 aliphatic heterocycles. The van der Waals surface area contributed by atoms with E-state index in [0.717, 1.165) is 24.0 Å². The summed E-state index contributed by atoms with van der Waals surface area (Å²) in [6, 6.07) is 16.1. The van der Waals surface area contributed by atoms with Crippen LogP contribution in [0.15, 0.2) is 60.7 Å². The molecule has 2 heterocycles. The monoisotopic (exact) mass is 453 g/mol. The van der Waals surface area contributed by atoms with Crippen molar-refractivity contribution in [2.24, 2.45) is 0 Å². The molecule has 2 atom stereocenters. The highest BCUT2D eigenvalue weighted by Gasteiger charge is 2.38. The molecular formula is C25H31N3O3S. The summed E-state index contributed by atoms with van der Waals surface area (Å²) in [5.74, 6) is 0.0288. The van der Waals surface area contributed by atoms with Crippen LogP contribution >= 0.6 is 0 Å². The van der Waals surface area contributed by atoms with Crippen molar-refractivity contribution >= 4 is 16.1 Å². The molecule has 7 heteroatoms. The maximum Gasteiger partial charge on any atom is 0.317 e. The molecule has 0 saturated carbocycles. The molecule has 2 amide bonds. The van der Waals surface area contributed by atoms with Crippen molar-refractivity contribution in [3.63, 3.8) is 0 Å². The van der Waals surface area contributed by atoms with Gasteiger partial charge in [-0.05, 0) is 54.9 Å². The average Bonchev–Trinajstić information content (AvgIpc) is 3.17. The molecule has 4 rings (SSSR count). The van der Waals surface area contributed by atoms with Crippen LogP contribution in [0, 0.1) is 0 Å². The van der Waals surface area contributed by atoms with Crippen molar-refractivity contribution in [2.75, 3.05) is 18.8 Å². The van der Waals surface area contributed by atoms with Crippen LogP contribution in [0.3, 0.4) is 0 Å². The first-order valence-electron chi connectivity index (χ1n) is 11.3. The first kappa shape index (κ1) is 22.6. The fourth-order valence-corrected chi connectivity index (χ4v) is 5.49. The van der Waals surface area contributed by atoms with Gasteiger partial charge in [-0.25, -0.2) is 17.9 Å². The maximum atomic E-state index is 12.9. The molecule has 2 aliphatic rings. The number of carbonyl (C=O) groups excluding carboxylic acids is 1. The maximum absolute atomic E-state index is 12.9. The number of hydrogen-bond donors (Lipinski definition) is 2. The van der Waals surface area contributed by atoms with E-state index < -0.39 is 10.0 Å². The Bertz CT molecular complexity index is 1100. The number of sulfonamides is 1. The number of allylic oxidation sites excluding steroid dienone is 1. The summed E-state index contributed by atoms with van der Waals surface area (Å²) in [5, 5.41) is 3.01. The summed E-state index contributed by atoms with van der Waals surface area (Å²) < 4.78 is 27.4. The molecule has 0 radical (unpaired) electrons. The number of carbonyl (C=O) groups is 1. The topological polar surface area (TPSA) is 78.5 Å². The van der Waals surface area contributed by atoms with Gasteiger partial charge in [-0.15, -0.1) is 0 Å². The van der Waals surface area contributed by atoms with Crippen LogP contribution in [0.4, 0.5) is 4.79 Å². The molecule has 2 bridgehead atoms. The number of nitrogens with zero attached hydrogens (tertiary/aromatic N) is 1. The number of nitrogens with one attached hydrogen (secondary N) is 2. The minimum atomic E-state index is -3.36. The van der Waals surface area contributed by atoms with Gasteiger partial charge in [0.05, 0.1) is 11.8 Å². The lowest BCUT2D eigenvalue weighted by molar-refractivity contribution is 0.189. The molecule has 1 fully saturated rings. The van der Waals surface area contributed by atoms with Gasteiger partial charge in [0, 0.05) is 19.1 Å². The van der Waals surface area contributed by atoms with Crippen molar-refractivity contribution in [2.45, 2.75) is 44.7 Å². The van der Waals surface area contributed by atoms with Crippen LogP contribution in [-0.4, -0.2) is 50.3 Å². The Hall–Kier alpha value is -2.64. The van der Waals surface area contributed by atoms with Gasteiger partial charge in [-0.3, -0.25) is 0 Å². The normalized spacial score (nSPS) is 22.8. The summed E-state index contributed by atoms with van der Waals surface area (Å²) >= 11 is 0. The van der Waals surface area contributed by atoms with Gasteiger partial charge in [-0.1, -0.05) is 60.7 Å². The van der Waals surface area contributed by atoms with Crippen molar-refractivity contribution < 1.29 is 13.2 Å². The second kappa shape index (κ2) is 9.88. The summed E-state index contributed by atoms with van der Waals surface area (Å²) in [5.41, 5.74) is 4.69. The van der Waals surface area contributed by atoms with Gasteiger partial charge in [0.1, 0.15) is 0 Å². The first-order chi connectivity index (χ1) is 15.5. The third-order valence-corrected chi connectivity index (χ3v) is 7.73. The first-order valence-corrected chi connectivity index (χ1v) is 13.0. The van der Waals surface area contributed by atoms with E-state index in [1.807, 2.05) is 6.07 Å². The van der Waals surface area contributed by atoms with Crippen molar-refractivity contribution in [3.8, 4) is 11.1 Å². The van der Waals surface area contributed by atoms with E-state index >= 15 is 0 Å². The Morgan fingerprint density at radius 2 is 1.97 bits per heavy atom. The third kappa shape index (κ3) is 5.22. The Labute approximate surface area is 190 Å². The lowest BCUT2D eigenvalue weighted by Gasteiger charge is -2.29. The molecule has 0 aliphatic carbocycles. The molecule has 0 aromatic heterocycles. The summed E-state index contributed by atoms with van der Waals surface area (Å²) in [6.07, 6.45) is 7.06. The number of hydrogen-bond acceptors (Lipinski definition) is 3. The second-order valence-corrected chi connectivity index (χ2v) is 10.5. The van der Waals surface area contributed by atoms with E-state index in [9.17, 15) is 13.2 Å². The Morgan fingerprint density at radius 1 is 1.12 bits per heavy atom. The molecule has 0 spiro atoms. The number of fused-ring (bicyclic) bond motifs is 5. The molecular weight excluding hydrogens is 422 g/mol. The standard InChI is InChI=1S/C25H31N3O3S/c1-2-32(30,31)27-23-14-16-28-24(23)18-19-9-8-12-21(17-19)22-13-6-5-11-20(22)10-4-3-7-15-26-25(28)29/h3-6,8-9,11-13,17,23-24,27H,2,7,10,14-16,18H2,1H3,(H,26,29)/b4-3+. The summed E-state index contributed by atoms with van der Waals surface area (Å²) in [7, 11) is -3.36. The molecule has 1 saturated heterocycles. The lowest BCUT2D eigenvalue weighted by Crippen LogP contribution is -2.50. The third-order valence-electron chi connectivity index (χ3n) is 6.31. The quantitative estimate of drug-likeness (QED) is 0.699. The number of benzene rings is 2. The highest BCUT2D eigenvalue weighted by atomic mass is 32.2. The summed E-state index contributed by atoms with van der Waals surface area (Å²) in [4.78, 5) is 14.7. The highest BCUT2D eigenvalue weighted by molar-refractivity contribution is 7.89. The van der Waals surface area contributed by atoms with Crippen LogP contribution < -0.4 is 10.0 Å².